The maximum absolute atomic E-state index is 11.3. The van der Waals surface area contributed by atoms with Crippen LogP contribution in [0.5, 0.6) is 0 Å². The second kappa shape index (κ2) is 6.54. The molecule has 4 rings (SSSR count). The molecule has 8 nitrogen and oxygen atoms in total. The number of fused-ring (bicyclic) bond motifs is 1. The monoisotopic (exact) mass is 449 g/mol. The van der Waals surface area contributed by atoms with Crippen LogP contribution in [0.2, 0.25) is 0 Å². The summed E-state index contributed by atoms with van der Waals surface area (Å²) in [5.74, 6) is 0.207. The number of hydrogen-bond donors (Lipinski definition) is 2. The van der Waals surface area contributed by atoms with Crippen LogP contribution in [0.4, 0.5) is 5.95 Å². The highest BCUT2D eigenvalue weighted by atomic mass is 127. The van der Waals surface area contributed by atoms with Crippen molar-refractivity contribution in [1.82, 2.24) is 25.0 Å². The molecule has 25 heavy (non-hydrogen) atoms. The number of nitrogens with zero attached hydrogens (tertiary/aromatic N) is 5. The summed E-state index contributed by atoms with van der Waals surface area (Å²) in [5.41, 5.74) is 7.56. The molecule has 1 fully saturated rings. The zero-order valence-corrected chi connectivity index (χ0v) is 15.4. The van der Waals surface area contributed by atoms with E-state index in [1.165, 1.54) is 0 Å². The largest absolute Gasteiger partial charge is 0.369 e. The van der Waals surface area contributed by atoms with Crippen molar-refractivity contribution in [3.8, 4) is 5.69 Å². The molecule has 3 aromatic rings. The molecule has 1 saturated carbocycles. The number of amides is 1. The van der Waals surface area contributed by atoms with Crippen LogP contribution < -0.4 is 11.1 Å². The topological polar surface area (TPSA) is 112 Å². The highest BCUT2D eigenvalue weighted by Gasteiger charge is 2.28. The number of halogens is 1. The third-order valence-electron chi connectivity index (χ3n) is 4.41. The van der Waals surface area contributed by atoms with Gasteiger partial charge in [0.25, 0.3) is 0 Å². The lowest BCUT2D eigenvalue weighted by molar-refractivity contribution is -0.121. The second-order valence-electron chi connectivity index (χ2n) is 6.14. The van der Waals surface area contributed by atoms with Gasteiger partial charge in [-0.05, 0) is 60.1 Å². The number of carbonyl (C=O) groups excluding carboxylic acids is 1. The van der Waals surface area contributed by atoms with Gasteiger partial charge in [0.15, 0.2) is 11.2 Å². The first-order valence-corrected chi connectivity index (χ1v) is 9.08. The molecular formula is C16H16IN7O. The molecule has 0 aliphatic heterocycles. The molecule has 1 aliphatic rings. The molecule has 2 aromatic heterocycles. The third kappa shape index (κ3) is 3.28. The molecule has 9 heteroatoms. The lowest BCUT2D eigenvalue weighted by atomic mass is 10.1. The van der Waals surface area contributed by atoms with E-state index in [0.29, 0.717) is 23.5 Å². The average Bonchev–Trinajstić information content (AvgIpc) is 3.21. The van der Waals surface area contributed by atoms with Gasteiger partial charge in [0.1, 0.15) is 0 Å². The van der Waals surface area contributed by atoms with Crippen LogP contribution >= 0.6 is 22.6 Å². The molecule has 1 unspecified atom stereocenters. The van der Waals surface area contributed by atoms with Gasteiger partial charge in [-0.2, -0.15) is 9.67 Å². The van der Waals surface area contributed by atoms with Crippen molar-refractivity contribution in [2.75, 3.05) is 5.32 Å². The average molecular weight is 449 g/mol. The summed E-state index contributed by atoms with van der Waals surface area (Å²) in [6, 6.07) is 8.10. The van der Waals surface area contributed by atoms with Crippen molar-refractivity contribution in [2.24, 2.45) is 11.7 Å². The number of nitrogens with two attached hydrogens (primary N) is 1. The van der Waals surface area contributed by atoms with Crippen molar-refractivity contribution < 1.29 is 4.79 Å². The number of benzene rings is 1. The Hall–Kier alpha value is -2.30. The van der Waals surface area contributed by atoms with Gasteiger partial charge in [0, 0.05) is 15.5 Å². The number of anilines is 1. The molecule has 2 heterocycles. The van der Waals surface area contributed by atoms with E-state index >= 15 is 0 Å². The quantitative estimate of drug-likeness (QED) is 0.589. The van der Waals surface area contributed by atoms with Crippen molar-refractivity contribution in [3.05, 3.63) is 34.0 Å². The minimum absolute atomic E-state index is 0.0696. The van der Waals surface area contributed by atoms with Crippen LogP contribution in [0.3, 0.4) is 0 Å². The van der Waals surface area contributed by atoms with Crippen LogP contribution in [-0.4, -0.2) is 36.9 Å². The molecule has 2 atom stereocenters. The zero-order chi connectivity index (χ0) is 17.4. The lowest BCUT2D eigenvalue weighted by Crippen LogP contribution is -2.23. The molecule has 0 bridgehead atoms. The number of primary amides is 1. The first kappa shape index (κ1) is 16.2. The summed E-state index contributed by atoms with van der Waals surface area (Å²) in [5, 5.41) is 11.6. The number of aromatic nitrogens is 5. The third-order valence-corrected chi connectivity index (χ3v) is 5.08. The second-order valence-corrected chi connectivity index (χ2v) is 7.38. The van der Waals surface area contributed by atoms with Gasteiger partial charge in [-0.1, -0.05) is 11.3 Å². The lowest BCUT2D eigenvalue weighted by Gasteiger charge is -2.12. The summed E-state index contributed by atoms with van der Waals surface area (Å²) >= 11 is 2.26. The Labute approximate surface area is 157 Å². The predicted octanol–water partition coefficient (Wildman–Crippen LogP) is 1.88. The van der Waals surface area contributed by atoms with Gasteiger partial charge in [0.2, 0.25) is 11.9 Å². The van der Waals surface area contributed by atoms with Crippen LogP contribution in [0.15, 0.2) is 30.5 Å². The molecule has 0 spiro atoms. The Balaban J connectivity index is 1.62. The first-order valence-electron chi connectivity index (χ1n) is 8.00. The Morgan fingerprint density at radius 3 is 3.00 bits per heavy atom. The maximum atomic E-state index is 11.3. The van der Waals surface area contributed by atoms with Crippen molar-refractivity contribution >= 4 is 45.6 Å². The van der Waals surface area contributed by atoms with E-state index in [2.05, 4.69) is 48.2 Å². The number of nitrogens with one attached hydrogen (secondary N) is 1. The summed E-state index contributed by atoms with van der Waals surface area (Å²) < 4.78 is 2.81. The predicted molar refractivity (Wildman–Crippen MR) is 101 cm³/mol. The Bertz CT molecular complexity index is 941. The summed E-state index contributed by atoms with van der Waals surface area (Å²) in [7, 11) is 0. The van der Waals surface area contributed by atoms with E-state index in [-0.39, 0.29) is 17.9 Å². The standard InChI is InChI=1S/C16H16IN7O/c17-10-2-1-3-12(7-10)24-15-13(22-23-24)8-19-16(21-15)20-11-5-4-9(6-11)14(18)25/h1-3,7-9,11H,4-6H2,(H2,18,25)(H,19,20,21)/t9-,11?/m1/s1. The highest BCUT2D eigenvalue weighted by molar-refractivity contribution is 14.1. The van der Waals surface area contributed by atoms with Gasteiger partial charge in [-0.3, -0.25) is 4.79 Å². The first-order chi connectivity index (χ1) is 12.1. The normalized spacial score (nSPS) is 20.0. The van der Waals surface area contributed by atoms with E-state index in [4.69, 9.17) is 5.73 Å². The van der Waals surface area contributed by atoms with Crippen LogP contribution in [0.1, 0.15) is 19.3 Å². The fourth-order valence-corrected chi connectivity index (χ4v) is 3.66. The Morgan fingerprint density at radius 1 is 1.36 bits per heavy atom. The zero-order valence-electron chi connectivity index (χ0n) is 13.3. The molecule has 128 valence electrons. The maximum Gasteiger partial charge on any atom is 0.225 e. The van der Waals surface area contributed by atoms with Gasteiger partial charge < -0.3 is 11.1 Å². The number of rotatable bonds is 4. The van der Waals surface area contributed by atoms with Crippen LogP contribution in [0.25, 0.3) is 16.9 Å². The van der Waals surface area contributed by atoms with E-state index in [1.807, 2.05) is 24.3 Å². The van der Waals surface area contributed by atoms with E-state index in [1.54, 1.807) is 10.9 Å². The molecule has 3 N–H and O–H groups in total. The molecule has 1 aromatic carbocycles. The molecule has 0 radical (unpaired) electrons. The van der Waals surface area contributed by atoms with Gasteiger partial charge in [0.05, 0.1) is 11.9 Å². The van der Waals surface area contributed by atoms with Crippen LogP contribution in [-0.2, 0) is 4.79 Å². The SMILES string of the molecule is NC(=O)[C@@H]1CCC(Nc2ncc3nnn(-c4cccc(I)c4)c3n2)C1. The minimum atomic E-state index is -0.235. The van der Waals surface area contributed by atoms with Crippen molar-refractivity contribution in [1.29, 1.82) is 0 Å². The molecular weight excluding hydrogens is 433 g/mol. The highest BCUT2D eigenvalue weighted by Crippen LogP contribution is 2.27. The van der Waals surface area contributed by atoms with E-state index in [0.717, 1.165) is 22.1 Å². The van der Waals surface area contributed by atoms with Gasteiger partial charge >= 0.3 is 0 Å². The number of carbonyl (C=O) groups is 1. The fraction of sp³-hybridized carbons (Fsp3) is 0.312. The number of hydrogen-bond acceptors (Lipinski definition) is 6. The molecule has 0 saturated heterocycles. The minimum Gasteiger partial charge on any atom is -0.369 e. The fourth-order valence-electron chi connectivity index (χ4n) is 3.13. The molecule has 1 amide bonds. The van der Waals surface area contributed by atoms with E-state index in [9.17, 15) is 4.79 Å². The summed E-state index contributed by atoms with van der Waals surface area (Å²) in [4.78, 5) is 20.2. The molecule has 1 aliphatic carbocycles. The van der Waals surface area contributed by atoms with Gasteiger partial charge in [-0.25, -0.2) is 4.98 Å². The summed E-state index contributed by atoms with van der Waals surface area (Å²) in [6.45, 7) is 0. The Kier molecular flexibility index (Phi) is 4.24. The smallest absolute Gasteiger partial charge is 0.225 e. The van der Waals surface area contributed by atoms with E-state index < -0.39 is 0 Å². The van der Waals surface area contributed by atoms with Crippen molar-refractivity contribution in [2.45, 2.75) is 25.3 Å². The van der Waals surface area contributed by atoms with Gasteiger partial charge in [-0.15, -0.1) is 5.10 Å². The summed E-state index contributed by atoms with van der Waals surface area (Å²) in [6.07, 6.45) is 4.05. The van der Waals surface area contributed by atoms with Crippen molar-refractivity contribution in [3.63, 3.8) is 0 Å². The Morgan fingerprint density at radius 2 is 2.24 bits per heavy atom. The van der Waals surface area contributed by atoms with Crippen LogP contribution in [0, 0.1) is 9.49 Å².